The topological polar surface area (TPSA) is 17.1 Å². The summed E-state index contributed by atoms with van der Waals surface area (Å²) < 4.78 is 0. The summed E-state index contributed by atoms with van der Waals surface area (Å²) in [5.41, 5.74) is 0.146. The Balaban J connectivity index is 2.32. The molecule has 2 fully saturated rings. The molecule has 2 saturated carbocycles. The Morgan fingerprint density at radius 2 is 2.12 bits per heavy atom. The number of fused-ring (bicyclic) bond motifs is 2. The zero-order valence-corrected chi connectivity index (χ0v) is 10.8. The minimum absolute atomic E-state index is 0.189. The molecule has 0 aromatic heterocycles. The molecule has 4 atom stereocenters. The summed E-state index contributed by atoms with van der Waals surface area (Å²) in [4.78, 5) is 11.5. The smallest absolute Gasteiger partial charge is 0.126 e. The number of allylic oxidation sites excluding steroid dienone is 1. The molecule has 0 radical (unpaired) electrons. The van der Waals surface area contributed by atoms with E-state index >= 15 is 0 Å². The molecular weight excluding hydrogens is 196 g/mol. The largest absolute Gasteiger partial charge is 0.303 e. The van der Waals surface area contributed by atoms with Crippen LogP contribution in [0.2, 0.25) is 0 Å². The molecule has 90 valence electrons. The number of carbonyl (C=O) groups excluding carboxylic acids is 1. The molecule has 0 N–H and O–H groups in total. The summed E-state index contributed by atoms with van der Waals surface area (Å²) in [5, 5.41) is 0. The molecule has 0 amide bonds. The van der Waals surface area contributed by atoms with Gasteiger partial charge in [-0.25, -0.2) is 0 Å². The fourth-order valence-corrected chi connectivity index (χ4v) is 4.80. The van der Waals surface area contributed by atoms with Crippen LogP contribution in [0.25, 0.3) is 0 Å². The second kappa shape index (κ2) is 3.72. The molecule has 0 heterocycles. The molecule has 2 bridgehead atoms. The zero-order valence-electron chi connectivity index (χ0n) is 10.8. The number of aldehydes is 1. The van der Waals surface area contributed by atoms with E-state index in [9.17, 15) is 4.79 Å². The number of hydrogen-bond acceptors (Lipinski definition) is 1. The Labute approximate surface area is 99.3 Å². The standard InChI is InChI=1S/C15H24O/c1-5-8-15(4,10-16)13-11-6-7-12(9-11)14(13,2)3/h5,10-13H,1,6-9H2,2-4H3. The van der Waals surface area contributed by atoms with E-state index in [0.29, 0.717) is 11.3 Å². The SMILES string of the molecule is C=CCC(C)(C=O)C1C2CCC(C2)C1(C)C. The first kappa shape index (κ1) is 11.9. The first-order valence-corrected chi connectivity index (χ1v) is 6.53. The van der Waals surface area contributed by atoms with Crippen LogP contribution in [-0.4, -0.2) is 6.29 Å². The Kier molecular flexibility index (Phi) is 2.76. The van der Waals surface area contributed by atoms with Gasteiger partial charge in [-0.1, -0.05) is 26.8 Å². The van der Waals surface area contributed by atoms with Gasteiger partial charge in [0.2, 0.25) is 0 Å². The van der Waals surface area contributed by atoms with Gasteiger partial charge >= 0.3 is 0 Å². The van der Waals surface area contributed by atoms with Crippen molar-refractivity contribution in [3.63, 3.8) is 0 Å². The fourth-order valence-electron chi connectivity index (χ4n) is 4.80. The van der Waals surface area contributed by atoms with Crippen LogP contribution in [0, 0.1) is 28.6 Å². The van der Waals surface area contributed by atoms with Crippen molar-refractivity contribution in [1.29, 1.82) is 0 Å². The van der Waals surface area contributed by atoms with E-state index in [0.717, 1.165) is 18.3 Å². The lowest BCUT2D eigenvalue weighted by Gasteiger charge is -2.46. The van der Waals surface area contributed by atoms with Crippen LogP contribution in [-0.2, 0) is 4.79 Å². The van der Waals surface area contributed by atoms with Gasteiger partial charge in [0.15, 0.2) is 0 Å². The second-order valence-electron chi connectivity index (χ2n) is 6.69. The monoisotopic (exact) mass is 220 g/mol. The van der Waals surface area contributed by atoms with E-state index in [1.807, 2.05) is 6.08 Å². The summed E-state index contributed by atoms with van der Waals surface area (Å²) in [6.45, 7) is 10.7. The molecule has 2 aliphatic rings. The highest BCUT2D eigenvalue weighted by atomic mass is 16.1. The maximum absolute atomic E-state index is 11.5. The lowest BCUT2D eigenvalue weighted by Crippen LogP contribution is -2.42. The minimum Gasteiger partial charge on any atom is -0.303 e. The predicted molar refractivity (Wildman–Crippen MR) is 67.1 cm³/mol. The molecule has 0 saturated heterocycles. The van der Waals surface area contributed by atoms with Crippen LogP contribution < -0.4 is 0 Å². The maximum Gasteiger partial charge on any atom is 0.126 e. The molecular formula is C15H24O. The van der Waals surface area contributed by atoms with Gasteiger partial charge in [-0.05, 0) is 48.9 Å². The number of hydrogen-bond donors (Lipinski definition) is 0. The Morgan fingerprint density at radius 3 is 2.56 bits per heavy atom. The summed E-state index contributed by atoms with van der Waals surface area (Å²) in [6, 6.07) is 0. The maximum atomic E-state index is 11.5. The zero-order chi connectivity index (χ0) is 12.0. The molecule has 0 aromatic carbocycles. The Bertz CT molecular complexity index is 305. The van der Waals surface area contributed by atoms with Crippen molar-refractivity contribution in [1.82, 2.24) is 0 Å². The molecule has 1 nitrogen and oxygen atoms in total. The first-order valence-electron chi connectivity index (χ1n) is 6.53. The minimum atomic E-state index is -0.189. The average molecular weight is 220 g/mol. The molecule has 0 aromatic rings. The van der Waals surface area contributed by atoms with Crippen molar-refractivity contribution < 1.29 is 4.79 Å². The third-order valence-corrected chi connectivity index (χ3v) is 5.36. The van der Waals surface area contributed by atoms with Gasteiger partial charge in [0.05, 0.1) is 0 Å². The molecule has 4 unspecified atom stereocenters. The Morgan fingerprint density at radius 1 is 1.44 bits per heavy atom. The molecule has 1 heteroatoms. The van der Waals surface area contributed by atoms with E-state index in [1.165, 1.54) is 25.5 Å². The van der Waals surface area contributed by atoms with E-state index in [2.05, 4.69) is 27.4 Å². The van der Waals surface area contributed by atoms with E-state index in [-0.39, 0.29) is 5.41 Å². The van der Waals surface area contributed by atoms with Gasteiger partial charge in [-0.3, -0.25) is 0 Å². The van der Waals surface area contributed by atoms with Crippen LogP contribution in [0.3, 0.4) is 0 Å². The third kappa shape index (κ3) is 1.48. The third-order valence-electron chi connectivity index (χ3n) is 5.36. The van der Waals surface area contributed by atoms with Crippen molar-refractivity contribution >= 4 is 6.29 Å². The van der Waals surface area contributed by atoms with Gasteiger partial charge in [0, 0.05) is 5.41 Å². The predicted octanol–water partition coefficient (Wildman–Crippen LogP) is 3.84. The fraction of sp³-hybridized carbons (Fsp3) is 0.800. The summed E-state index contributed by atoms with van der Waals surface area (Å²) in [5.74, 6) is 2.16. The normalized spacial score (nSPS) is 39.3. The number of rotatable bonds is 4. The molecule has 2 rings (SSSR count). The van der Waals surface area contributed by atoms with Gasteiger partial charge in [0.1, 0.15) is 6.29 Å². The van der Waals surface area contributed by atoms with Crippen molar-refractivity contribution in [3.8, 4) is 0 Å². The van der Waals surface area contributed by atoms with Crippen molar-refractivity contribution in [2.45, 2.75) is 46.5 Å². The molecule has 0 spiro atoms. The highest BCUT2D eigenvalue weighted by Gasteiger charge is 2.58. The highest BCUT2D eigenvalue weighted by Crippen LogP contribution is 2.64. The van der Waals surface area contributed by atoms with E-state index < -0.39 is 0 Å². The van der Waals surface area contributed by atoms with Crippen molar-refractivity contribution in [3.05, 3.63) is 12.7 Å². The molecule has 0 aliphatic heterocycles. The van der Waals surface area contributed by atoms with Crippen LogP contribution in [0.5, 0.6) is 0 Å². The highest BCUT2D eigenvalue weighted by molar-refractivity contribution is 5.60. The van der Waals surface area contributed by atoms with Gasteiger partial charge < -0.3 is 4.79 Å². The molecule has 16 heavy (non-hydrogen) atoms. The van der Waals surface area contributed by atoms with Crippen molar-refractivity contribution in [2.75, 3.05) is 0 Å². The van der Waals surface area contributed by atoms with Gasteiger partial charge in [0.25, 0.3) is 0 Å². The first-order chi connectivity index (χ1) is 7.45. The lowest BCUT2D eigenvalue weighted by molar-refractivity contribution is -0.123. The van der Waals surface area contributed by atoms with Crippen LogP contribution in [0.4, 0.5) is 0 Å². The van der Waals surface area contributed by atoms with Crippen LogP contribution in [0.15, 0.2) is 12.7 Å². The van der Waals surface area contributed by atoms with E-state index in [4.69, 9.17) is 0 Å². The lowest BCUT2D eigenvalue weighted by atomic mass is 9.57. The van der Waals surface area contributed by atoms with Gasteiger partial charge in [-0.15, -0.1) is 6.58 Å². The Hall–Kier alpha value is -0.590. The van der Waals surface area contributed by atoms with E-state index in [1.54, 1.807) is 0 Å². The molecule has 2 aliphatic carbocycles. The van der Waals surface area contributed by atoms with Crippen LogP contribution in [0.1, 0.15) is 46.5 Å². The summed E-state index contributed by atoms with van der Waals surface area (Å²) >= 11 is 0. The average Bonchev–Trinajstić information content (AvgIpc) is 2.75. The van der Waals surface area contributed by atoms with Crippen molar-refractivity contribution in [2.24, 2.45) is 28.6 Å². The second-order valence-corrected chi connectivity index (χ2v) is 6.69. The quantitative estimate of drug-likeness (QED) is 0.519. The van der Waals surface area contributed by atoms with Gasteiger partial charge in [-0.2, -0.15) is 0 Å². The summed E-state index contributed by atoms with van der Waals surface area (Å²) in [6.07, 6.45) is 7.99. The number of carbonyl (C=O) groups is 1. The summed E-state index contributed by atoms with van der Waals surface area (Å²) in [7, 11) is 0. The van der Waals surface area contributed by atoms with Crippen LogP contribution >= 0.6 is 0 Å².